The maximum Gasteiger partial charge on any atom is 0.232 e. The minimum absolute atomic E-state index is 0.434. The number of nitrogens with zero attached hydrogens (tertiary/aromatic N) is 2. The van der Waals surface area contributed by atoms with Gasteiger partial charge in [0, 0.05) is 28.1 Å². The summed E-state index contributed by atoms with van der Waals surface area (Å²) in [6.45, 7) is 0. The van der Waals surface area contributed by atoms with Crippen LogP contribution in [-0.2, 0) is 10.8 Å². The first kappa shape index (κ1) is 12.8. The van der Waals surface area contributed by atoms with Gasteiger partial charge >= 0.3 is 0 Å². The topological polar surface area (TPSA) is 65.2 Å². The van der Waals surface area contributed by atoms with Gasteiger partial charge in [-0.2, -0.15) is 4.98 Å². The molecule has 3 aromatic rings. The van der Waals surface area contributed by atoms with Crippen molar-refractivity contribution in [1.82, 2.24) is 9.97 Å². The molecule has 1 atom stereocenters. The molecule has 0 spiro atoms. The number of methoxy groups -OCH3 is 1. The van der Waals surface area contributed by atoms with Crippen LogP contribution in [0.1, 0.15) is 0 Å². The van der Waals surface area contributed by atoms with Gasteiger partial charge < -0.3 is 9.15 Å². The molecule has 0 aliphatic carbocycles. The number of ether oxygens (including phenoxy) is 1. The van der Waals surface area contributed by atoms with Crippen molar-refractivity contribution in [2.24, 2.45) is 0 Å². The fraction of sp³-hybridized carbons (Fsp3) is 0.143. The van der Waals surface area contributed by atoms with E-state index in [1.165, 1.54) is 0 Å². The van der Waals surface area contributed by atoms with E-state index >= 15 is 0 Å². The molecule has 2 aromatic heterocycles. The standard InChI is InChI=1S/C14H12N2O3S/c1-18-12-8-9(20(2)17)5-6-10(12)14-16-13-11(19-14)4-3-7-15-13/h3-8H,1-2H3. The molecular weight excluding hydrogens is 276 g/mol. The molecule has 0 radical (unpaired) electrons. The highest BCUT2D eigenvalue weighted by molar-refractivity contribution is 7.84. The lowest BCUT2D eigenvalue weighted by Crippen LogP contribution is -1.92. The molecule has 0 saturated carbocycles. The van der Waals surface area contributed by atoms with Gasteiger partial charge in [-0.15, -0.1) is 0 Å². The van der Waals surface area contributed by atoms with Gasteiger partial charge in [0.25, 0.3) is 0 Å². The van der Waals surface area contributed by atoms with Crippen molar-refractivity contribution in [2.45, 2.75) is 4.90 Å². The van der Waals surface area contributed by atoms with Crippen molar-refractivity contribution >= 4 is 22.0 Å². The Hall–Kier alpha value is -2.21. The second-order valence-electron chi connectivity index (χ2n) is 4.16. The maximum absolute atomic E-state index is 11.5. The molecule has 0 amide bonds. The summed E-state index contributed by atoms with van der Waals surface area (Å²) in [5, 5.41) is 0. The van der Waals surface area contributed by atoms with Crippen molar-refractivity contribution < 1.29 is 13.4 Å². The molecule has 0 bridgehead atoms. The smallest absolute Gasteiger partial charge is 0.232 e. The summed E-state index contributed by atoms with van der Waals surface area (Å²) in [5.74, 6) is 1.01. The Morgan fingerprint density at radius 2 is 2.15 bits per heavy atom. The monoisotopic (exact) mass is 288 g/mol. The van der Waals surface area contributed by atoms with E-state index in [1.54, 1.807) is 49.9 Å². The average Bonchev–Trinajstić information content (AvgIpc) is 2.90. The SMILES string of the molecule is COc1cc(S(C)=O)ccc1-c1nc2ncccc2o1. The van der Waals surface area contributed by atoms with Crippen molar-refractivity contribution in [3.8, 4) is 17.2 Å². The van der Waals surface area contributed by atoms with Crippen LogP contribution in [0.3, 0.4) is 0 Å². The average molecular weight is 288 g/mol. The van der Waals surface area contributed by atoms with E-state index in [4.69, 9.17) is 9.15 Å². The highest BCUT2D eigenvalue weighted by Gasteiger charge is 2.14. The molecule has 1 unspecified atom stereocenters. The quantitative estimate of drug-likeness (QED) is 0.741. The van der Waals surface area contributed by atoms with Gasteiger partial charge in [0.05, 0.1) is 12.7 Å². The molecule has 5 nitrogen and oxygen atoms in total. The summed E-state index contributed by atoms with van der Waals surface area (Å²) in [6, 6.07) is 8.89. The Balaban J connectivity index is 2.15. The number of aromatic nitrogens is 2. The van der Waals surface area contributed by atoms with Crippen LogP contribution in [-0.4, -0.2) is 27.5 Å². The molecule has 0 N–H and O–H groups in total. The summed E-state index contributed by atoms with van der Waals surface area (Å²) in [6.07, 6.45) is 3.28. The van der Waals surface area contributed by atoms with Crippen LogP contribution in [0.5, 0.6) is 5.75 Å². The zero-order valence-corrected chi connectivity index (χ0v) is 11.8. The normalized spacial score (nSPS) is 12.5. The highest BCUT2D eigenvalue weighted by Crippen LogP contribution is 2.32. The van der Waals surface area contributed by atoms with E-state index in [-0.39, 0.29) is 0 Å². The molecular formula is C14H12N2O3S. The number of oxazole rings is 1. The van der Waals surface area contributed by atoms with Gasteiger partial charge in [-0.1, -0.05) is 0 Å². The third-order valence-corrected chi connectivity index (χ3v) is 3.82. The minimum atomic E-state index is -1.06. The largest absolute Gasteiger partial charge is 0.496 e. The van der Waals surface area contributed by atoms with Gasteiger partial charge in [0.15, 0.2) is 11.2 Å². The number of pyridine rings is 1. The summed E-state index contributed by atoms with van der Waals surface area (Å²) in [7, 11) is 0.494. The first-order valence-corrected chi connectivity index (χ1v) is 7.48. The molecule has 2 heterocycles. The number of rotatable bonds is 3. The van der Waals surface area contributed by atoms with Crippen molar-refractivity contribution in [3.05, 3.63) is 36.5 Å². The van der Waals surface area contributed by atoms with Crippen LogP contribution < -0.4 is 4.74 Å². The number of benzene rings is 1. The van der Waals surface area contributed by atoms with Gasteiger partial charge in [0.2, 0.25) is 5.89 Å². The number of fused-ring (bicyclic) bond motifs is 1. The summed E-state index contributed by atoms with van der Waals surface area (Å²) < 4.78 is 22.5. The van der Waals surface area contributed by atoms with Crippen LogP contribution in [0, 0.1) is 0 Å². The Labute approximate surface area is 118 Å². The summed E-state index contributed by atoms with van der Waals surface area (Å²) >= 11 is 0. The lowest BCUT2D eigenvalue weighted by molar-refractivity contribution is 0.413. The summed E-state index contributed by atoms with van der Waals surface area (Å²) in [4.78, 5) is 9.16. The Bertz CT molecular complexity index is 765. The molecule has 1 aromatic carbocycles. The predicted molar refractivity (Wildman–Crippen MR) is 76.1 cm³/mol. The van der Waals surface area contributed by atoms with Gasteiger partial charge in [-0.3, -0.25) is 4.21 Å². The second kappa shape index (κ2) is 5.05. The van der Waals surface area contributed by atoms with Crippen LogP contribution >= 0.6 is 0 Å². The van der Waals surface area contributed by atoms with E-state index in [2.05, 4.69) is 9.97 Å². The van der Waals surface area contributed by atoms with E-state index in [0.717, 1.165) is 0 Å². The molecule has 0 aliphatic rings. The Morgan fingerprint density at radius 1 is 1.30 bits per heavy atom. The Kier molecular flexibility index (Phi) is 3.23. The molecule has 0 fully saturated rings. The van der Waals surface area contributed by atoms with E-state index < -0.39 is 10.8 Å². The molecule has 102 valence electrons. The minimum Gasteiger partial charge on any atom is -0.496 e. The van der Waals surface area contributed by atoms with E-state index in [9.17, 15) is 4.21 Å². The third kappa shape index (κ3) is 2.18. The maximum atomic E-state index is 11.5. The summed E-state index contributed by atoms with van der Waals surface area (Å²) in [5.41, 5.74) is 1.88. The van der Waals surface area contributed by atoms with Crippen molar-refractivity contribution in [1.29, 1.82) is 0 Å². The zero-order valence-electron chi connectivity index (χ0n) is 11.0. The lowest BCUT2D eigenvalue weighted by Gasteiger charge is -2.06. The van der Waals surface area contributed by atoms with Crippen LogP contribution in [0.15, 0.2) is 45.8 Å². The molecule has 6 heteroatoms. The van der Waals surface area contributed by atoms with Crippen LogP contribution in [0.2, 0.25) is 0 Å². The molecule has 3 rings (SSSR count). The van der Waals surface area contributed by atoms with Gasteiger partial charge in [0.1, 0.15) is 5.75 Å². The number of hydrogen-bond acceptors (Lipinski definition) is 5. The third-order valence-electron chi connectivity index (χ3n) is 2.90. The van der Waals surface area contributed by atoms with Gasteiger partial charge in [-0.25, -0.2) is 4.98 Å². The van der Waals surface area contributed by atoms with Crippen molar-refractivity contribution in [3.63, 3.8) is 0 Å². The van der Waals surface area contributed by atoms with E-state index in [0.29, 0.717) is 33.3 Å². The first-order valence-electron chi connectivity index (χ1n) is 5.92. The molecule has 0 aliphatic heterocycles. The number of hydrogen-bond donors (Lipinski definition) is 0. The van der Waals surface area contributed by atoms with Gasteiger partial charge in [-0.05, 0) is 30.3 Å². The lowest BCUT2D eigenvalue weighted by atomic mass is 10.2. The zero-order chi connectivity index (χ0) is 14.1. The van der Waals surface area contributed by atoms with Crippen LogP contribution in [0.25, 0.3) is 22.7 Å². The molecule has 20 heavy (non-hydrogen) atoms. The Morgan fingerprint density at radius 3 is 2.85 bits per heavy atom. The fourth-order valence-corrected chi connectivity index (χ4v) is 2.44. The second-order valence-corrected chi connectivity index (χ2v) is 5.54. The first-order chi connectivity index (χ1) is 9.69. The van der Waals surface area contributed by atoms with E-state index in [1.807, 2.05) is 0 Å². The van der Waals surface area contributed by atoms with Crippen molar-refractivity contribution in [2.75, 3.05) is 13.4 Å². The fourth-order valence-electron chi connectivity index (χ4n) is 1.91. The molecule has 0 saturated heterocycles. The predicted octanol–water partition coefficient (Wildman–Crippen LogP) is 2.64. The van der Waals surface area contributed by atoms with Crippen LogP contribution in [0.4, 0.5) is 0 Å². The highest BCUT2D eigenvalue weighted by atomic mass is 32.2.